The summed E-state index contributed by atoms with van der Waals surface area (Å²) in [6, 6.07) is 27.9. The molecule has 0 bridgehead atoms. The molecule has 1 aliphatic rings. The minimum atomic E-state index is -2.12. The Kier molecular flexibility index (Phi) is 9.92. The van der Waals surface area contributed by atoms with Gasteiger partial charge < -0.3 is 14.1 Å². The second-order valence-electron chi connectivity index (χ2n) is 13.9. The number of fused-ring (bicyclic) bond motifs is 1. The van der Waals surface area contributed by atoms with Gasteiger partial charge in [-0.05, 0) is 41.7 Å². The van der Waals surface area contributed by atoms with Crippen molar-refractivity contribution in [1.82, 2.24) is 14.6 Å². The summed E-state index contributed by atoms with van der Waals surface area (Å²) in [4.78, 5) is 12.9. The molecule has 0 radical (unpaired) electrons. The molecule has 0 unspecified atom stereocenters. The van der Waals surface area contributed by atoms with Gasteiger partial charge in [-0.1, -0.05) is 100 Å². The van der Waals surface area contributed by atoms with Crippen LogP contribution in [-0.2, 0) is 28.6 Å². The molecule has 1 saturated heterocycles. The number of anilines is 1. The number of ether oxygens (including phenoxy) is 1. The summed E-state index contributed by atoms with van der Waals surface area (Å²) in [5.74, 6) is 0.612. The lowest BCUT2D eigenvalue weighted by atomic mass is 10.00. The van der Waals surface area contributed by atoms with Gasteiger partial charge in [0.15, 0.2) is 19.8 Å². The molecule has 48 heavy (non-hydrogen) atoms. The van der Waals surface area contributed by atoms with E-state index in [0.29, 0.717) is 49.6 Å². The van der Waals surface area contributed by atoms with Crippen LogP contribution in [0, 0.1) is 5.82 Å². The Morgan fingerprint density at radius 2 is 1.58 bits per heavy atom. The third-order valence-corrected chi connectivity index (χ3v) is 14.2. The Morgan fingerprint density at radius 3 is 2.19 bits per heavy atom. The number of imidazole rings is 1. The SMILES string of the molecule is CCc1c(F)cccc1Cc1c(CO[Si](C)(C)C(C)(C)C)nc2c(N=C(c3ccccc3)c3ccccc3)cc(N3CCOCC3)nn12. The minimum absolute atomic E-state index is 0.0295. The predicted octanol–water partition coefficient (Wildman–Crippen LogP) is 8.55. The highest BCUT2D eigenvalue weighted by Gasteiger charge is 2.37. The number of benzene rings is 3. The number of hydrogen-bond acceptors (Lipinski definition) is 6. The lowest BCUT2D eigenvalue weighted by Crippen LogP contribution is -2.40. The number of rotatable bonds is 10. The van der Waals surface area contributed by atoms with E-state index >= 15 is 4.39 Å². The Morgan fingerprint density at radius 1 is 0.938 bits per heavy atom. The van der Waals surface area contributed by atoms with E-state index in [1.54, 1.807) is 6.07 Å². The molecule has 0 saturated carbocycles. The molecule has 9 heteroatoms. The molecule has 1 aliphatic heterocycles. The van der Waals surface area contributed by atoms with Gasteiger partial charge in [0, 0.05) is 36.7 Å². The van der Waals surface area contributed by atoms with E-state index < -0.39 is 8.32 Å². The van der Waals surface area contributed by atoms with Crippen LogP contribution in [0.3, 0.4) is 0 Å². The minimum Gasteiger partial charge on any atom is -0.411 e. The summed E-state index contributed by atoms with van der Waals surface area (Å²) >= 11 is 0. The maximum atomic E-state index is 15.1. The Labute approximate surface area is 284 Å². The van der Waals surface area contributed by atoms with Crippen LogP contribution in [0.2, 0.25) is 18.1 Å². The first-order chi connectivity index (χ1) is 23.1. The zero-order valence-corrected chi connectivity index (χ0v) is 30.0. The lowest BCUT2D eigenvalue weighted by molar-refractivity contribution is 0.122. The average Bonchev–Trinajstić information content (AvgIpc) is 3.44. The molecule has 1 fully saturated rings. The van der Waals surface area contributed by atoms with Crippen molar-refractivity contribution in [2.45, 2.75) is 65.3 Å². The number of aromatic nitrogens is 3. The van der Waals surface area contributed by atoms with Gasteiger partial charge in [0.1, 0.15) is 11.5 Å². The number of morpholine rings is 1. The van der Waals surface area contributed by atoms with Crippen molar-refractivity contribution in [2.24, 2.45) is 4.99 Å². The van der Waals surface area contributed by atoms with E-state index in [-0.39, 0.29) is 10.9 Å². The van der Waals surface area contributed by atoms with Crippen LogP contribution in [0.15, 0.2) is 89.9 Å². The van der Waals surface area contributed by atoms with Gasteiger partial charge >= 0.3 is 0 Å². The van der Waals surface area contributed by atoms with Crippen LogP contribution in [0.5, 0.6) is 0 Å². The smallest absolute Gasteiger partial charge is 0.192 e. The van der Waals surface area contributed by atoms with E-state index in [2.05, 4.69) is 63.0 Å². The molecule has 3 heterocycles. The Balaban J connectivity index is 1.60. The zero-order chi connectivity index (χ0) is 33.9. The van der Waals surface area contributed by atoms with Gasteiger partial charge in [0.05, 0.1) is 36.9 Å². The summed E-state index contributed by atoms with van der Waals surface area (Å²) in [6.45, 7) is 16.3. The standard InChI is InChI=1S/C39H46FN5O2Si/c1-7-31-30(19-14-20-32(31)40)25-35-34(27-47-48(5,6)39(2,3)4)42-38-33(26-36(43-45(35)38)44-21-23-46-24-22-44)41-37(28-15-10-8-11-16-28)29-17-12-9-13-18-29/h8-20,26H,7,21-25,27H2,1-6H3. The second kappa shape index (κ2) is 14.1. The predicted molar refractivity (Wildman–Crippen MR) is 195 cm³/mol. The van der Waals surface area contributed by atoms with Gasteiger partial charge in [-0.25, -0.2) is 18.9 Å². The first-order valence-corrected chi connectivity index (χ1v) is 19.8. The third kappa shape index (κ3) is 7.13. The third-order valence-electron chi connectivity index (χ3n) is 9.69. The molecule has 0 aliphatic carbocycles. The fraction of sp³-hybridized carbons (Fsp3) is 0.359. The van der Waals surface area contributed by atoms with Crippen molar-refractivity contribution in [3.63, 3.8) is 0 Å². The Hall–Kier alpha value is -4.18. The molecule has 3 aromatic carbocycles. The van der Waals surface area contributed by atoms with Crippen molar-refractivity contribution in [3.05, 3.63) is 124 Å². The van der Waals surface area contributed by atoms with Crippen molar-refractivity contribution in [2.75, 3.05) is 31.2 Å². The highest BCUT2D eigenvalue weighted by atomic mass is 28.4. The zero-order valence-electron chi connectivity index (χ0n) is 29.0. The van der Waals surface area contributed by atoms with E-state index in [4.69, 9.17) is 24.2 Å². The quantitative estimate of drug-likeness (QED) is 0.111. The molecule has 250 valence electrons. The molecule has 0 spiro atoms. The van der Waals surface area contributed by atoms with Crippen LogP contribution >= 0.6 is 0 Å². The maximum Gasteiger partial charge on any atom is 0.192 e. The number of halogens is 1. The average molecular weight is 664 g/mol. The molecular formula is C39H46FN5O2Si. The summed E-state index contributed by atoms with van der Waals surface area (Å²) < 4.78 is 29.5. The molecular weight excluding hydrogens is 618 g/mol. The molecule has 0 atom stereocenters. The maximum absolute atomic E-state index is 15.1. The molecule has 7 nitrogen and oxygen atoms in total. The van der Waals surface area contributed by atoms with E-state index in [1.807, 2.05) is 60.0 Å². The van der Waals surface area contributed by atoms with Crippen LogP contribution < -0.4 is 4.90 Å². The van der Waals surface area contributed by atoms with Crippen LogP contribution in [0.4, 0.5) is 15.9 Å². The lowest BCUT2D eigenvalue weighted by Gasteiger charge is -2.36. The first-order valence-electron chi connectivity index (χ1n) is 16.9. The first kappa shape index (κ1) is 33.7. The fourth-order valence-electron chi connectivity index (χ4n) is 5.82. The van der Waals surface area contributed by atoms with E-state index in [0.717, 1.165) is 52.7 Å². The van der Waals surface area contributed by atoms with Crippen molar-refractivity contribution in [3.8, 4) is 0 Å². The van der Waals surface area contributed by atoms with Crippen LogP contribution in [-0.4, -0.2) is 54.9 Å². The van der Waals surface area contributed by atoms with E-state index in [1.165, 1.54) is 6.07 Å². The van der Waals surface area contributed by atoms with Gasteiger partial charge in [-0.15, -0.1) is 5.10 Å². The van der Waals surface area contributed by atoms with E-state index in [9.17, 15) is 0 Å². The Bertz CT molecular complexity index is 1850. The van der Waals surface area contributed by atoms with Crippen LogP contribution in [0.1, 0.15) is 61.3 Å². The molecule has 5 aromatic rings. The summed E-state index contributed by atoms with van der Waals surface area (Å²) in [5.41, 5.74) is 7.54. The van der Waals surface area contributed by atoms with Gasteiger partial charge in [0.25, 0.3) is 0 Å². The second-order valence-corrected chi connectivity index (χ2v) is 18.7. The van der Waals surface area contributed by atoms with Crippen molar-refractivity contribution >= 4 is 31.2 Å². The highest BCUT2D eigenvalue weighted by molar-refractivity contribution is 6.74. The summed E-state index contributed by atoms with van der Waals surface area (Å²) in [6.07, 6.45) is 1.05. The van der Waals surface area contributed by atoms with Gasteiger partial charge in [-0.3, -0.25) is 0 Å². The topological polar surface area (TPSA) is 64.2 Å². The van der Waals surface area contributed by atoms with Crippen LogP contribution in [0.25, 0.3) is 5.65 Å². The number of aliphatic imine (C=N–C) groups is 1. The van der Waals surface area contributed by atoms with Gasteiger partial charge in [0.2, 0.25) is 0 Å². The molecule has 2 aromatic heterocycles. The largest absolute Gasteiger partial charge is 0.411 e. The van der Waals surface area contributed by atoms with Crippen molar-refractivity contribution in [1.29, 1.82) is 0 Å². The molecule has 6 rings (SSSR count). The van der Waals surface area contributed by atoms with Crippen molar-refractivity contribution < 1.29 is 13.6 Å². The fourth-order valence-corrected chi connectivity index (χ4v) is 6.75. The normalized spacial score (nSPS) is 14.0. The highest BCUT2D eigenvalue weighted by Crippen LogP contribution is 2.38. The monoisotopic (exact) mass is 663 g/mol. The molecule has 0 amide bonds. The summed E-state index contributed by atoms with van der Waals surface area (Å²) in [5, 5.41) is 5.25. The number of nitrogens with zero attached hydrogens (tertiary/aromatic N) is 5. The summed E-state index contributed by atoms with van der Waals surface area (Å²) in [7, 11) is -2.12. The molecule has 0 N–H and O–H groups in total. The number of hydrogen-bond donors (Lipinski definition) is 0. The van der Waals surface area contributed by atoms with Gasteiger partial charge in [-0.2, -0.15) is 0 Å².